The molecule has 4 aliphatic carbocycles. The van der Waals surface area contributed by atoms with Crippen LogP contribution in [0.4, 0.5) is 5.69 Å². The molecule has 0 unspecified atom stereocenters. The minimum absolute atomic E-state index is 0.0333. The molecule has 0 radical (unpaired) electrons. The zero-order valence-corrected chi connectivity index (χ0v) is 20.3. The molecule has 4 fully saturated rings. The van der Waals surface area contributed by atoms with Gasteiger partial charge in [0.15, 0.2) is 12.4 Å². The van der Waals surface area contributed by atoms with Crippen molar-refractivity contribution in [2.24, 2.45) is 17.3 Å². The first-order chi connectivity index (χ1) is 16.2. The number of carbonyl (C=O) groups excluding carboxylic acids is 4. The fraction of sp³-hybridized carbons (Fsp3) is 0.630. The maximum atomic E-state index is 13.2. The summed E-state index contributed by atoms with van der Waals surface area (Å²) in [6.45, 7) is 3.33. The third kappa shape index (κ3) is 5.34. The molecule has 2 atom stereocenters. The second kappa shape index (κ2) is 9.88. The van der Waals surface area contributed by atoms with E-state index >= 15 is 0 Å². The Hall–Kier alpha value is -2.70. The van der Waals surface area contributed by atoms with Crippen LogP contribution in [0.2, 0.25) is 0 Å². The highest BCUT2D eigenvalue weighted by Crippen LogP contribution is 2.62. The molecule has 5 rings (SSSR count). The van der Waals surface area contributed by atoms with Gasteiger partial charge in [0.2, 0.25) is 11.8 Å². The normalized spacial score (nSPS) is 28.9. The van der Waals surface area contributed by atoms with Crippen LogP contribution in [0, 0.1) is 17.3 Å². The molecule has 1 aromatic carbocycles. The number of Topliss-reactive ketones (excluding diaryl/α,β-unsaturated/α-hetero) is 1. The highest BCUT2D eigenvalue weighted by molar-refractivity contribution is 5.99. The zero-order valence-electron chi connectivity index (χ0n) is 20.3. The SMILES string of the molecule is CCCCCC(=O)Nc1ccc(C(=O)COC(=O)C23C[C@H]4C[C@@H](CC(NC(C)=O)(C4)C2)C3)cc1. The molecule has 4 aliphatic rings. The predicted molar refractivity (Wildman–Crippen MR) is 128 cm³/mol. The molecule has 4 saturated carbocycles. The first-order valence-corrected chi connectivity index (χ1v) is 12.6. The van der Waals surface area contributed by atoms with Gasteiger partial charge in [0, 0.05) is 30.1 Å². The summed E-state index contributed by atoms with van der Waals surface area (Å²) in [5.74, 6) is 0.175. The average molecular weight is 469 g/mol. The average Bonchev–Trinajstić information content (AvgIpc) is 2.76. The van der Waals surface area contributed by atoms with Crippen LogP contribution in [-0.2, 0) is 19.1 Å². The number of hydrogen-bond acceptors (Lipinski definition) is 5. The van der Waals surface area contributed by atoms with E-state index in [-0.39, 0.29) is 35.7 Å². The molecular weight excluding hydrogens is 432 g/mol. The predicted octanol–water partition coefficient (Wildman–Crippen LogP) is 4.41. The fourth-order valence-electron chi connectivity index (χ4n) is 6.89. The van der Waals surface area contributed by atoms with E-state index in [0.29, 0.717) is 35.9 Å². The largest absolute Gasteiger partial charge is 0.457 e. The molecule has 0 saturated heterocycles. The van der Waals surface area contributed by atoms with E-state index in [0.717, 1.165) is 51.4 Å². The van der Waals surface area contributed by atoms with Crippen LogP contribution in [0.25, 0.3) is 0 Å². The summed E-state index contributed by atoms with van der Waals surface area (Å²) in [6.07, 6.45) is 8.56. The van der Waals surface area contributed by atoms with E-state index in [9.17, 15) is 19.2 Å². The smallest absolute Gasteiger partial charge is 0.312 e. The van der Waals surface area contributed by atoms with Crippen LogP contribution in [0.1, 0.15) is 88.4 Å². The van der Waals surface area contributed by atoms with Gasteiger partial charge in [0.1, 0.15) is 0 Å². The number of ketones is 1. The lowest BCUT2D eigenvalue weighted by Crippen LogP contribution is -2.64. The third-order valence-corrected chi connectivity index (χ3v) is 7.77. The number of nitrogens with one attached hydrogen (secondary N) is 2. The number of anilines is 1. The Balaban J connectivity index is 1.32. The summed E-state index contributed by atoms with van der Waals surface area (Å²) in [4.78, 5) is 49.7. The number of ether oxygens (including phenoxy) is 1. The van der Waals surface area contributed by atoms with Gasteiger partial charge in [0.05, 0.1) is 5.41 Å². The lowest BCUT2D eigenvalue weighted by Gasteiger charge is -2.60. The van der Waals surface area contributed by atoms with E-state index in [1.165, 1.54) is 6.92 Å². The van der Waals surface area contributed by atoms with Gasteiger partial charge < -0.3 is 15.4 Å². The Kier molecular flexibility index (Phi) is 7.10. The number of benzene rings is 1. The highest BCUT2D eigenvalue weighted by Gasteiger charge is 2.61. The molecule has 34 heavy (non-hydrogen) atoms. The molecule has 4 bridgehead atoms. The molecule has 1 aromatic rings. The molecular formula is C27H36N2O5. The summed E-state index contributed by atoms with van der Waals surface area (Å²) in [7, 11) is 0. The maximum Gasteiger partial charge on any atom is 0.312 e. The molecule has 2 N–H and O–H groups in total. The Morgan fingerprint density at radius 1 is 1.00 bits per heavy atom. The summed E-state index contributed by atoms with van der Waals surface area (Å²) in [5.41, 5.74) is 0.179. The van der Waals surface area contributed by atoms with Gasteiger partial charge in [0.25, 0.3) is 0 Å². The first kappa shape index (κ1) is 24.4. The van der Waals surface area contributed by atoms with Crippen LogP contribution in [0.15, 0.2) is 24.3 Å². The summed E-state index contributed by atoms with van der Waals surface area (Å²) in [6, 6.07) is 6.69. The number of hydrogen-bond donors (Lipinski definition) is 2. The van der Waals surface area contributed by atoms with Crippen LogP contribution in [0.3, 0.4) is 0 Å². The van der Waals surface area contributed by atoms with E-state index < -0.39 is 5.41 Å². The van der Waals surface area contributed by atoms with Crippen molar-refractivity contribution in [3.63, 3.8) is 0 Å². The zero-order chi connectivity index (χ0) is 24.3. The van der Waals surface area contributed by atoms with Crippen LogP contribution < -0.4 is 10.6 Å². The molecule has 2 amide bonds. The number of amides is 2. The highest BCUT2D eigenvalue weighted by atomic mass is 16.5. The Morgan fingerprint density at radius 2 is 1.68 bits per heavy atom. The molecule has 184 valence electrons. The topological polar surface area (TPSA) is 102 Å². The summed E-state index contributed by atoms with van der Waals surface area (Å²) >= 11 is 0. The Bertz CT molecular complexity index is 940. The fourth-order valence-corrected chi connectivity index (χ4v) is 6.89. The second-order valence-corrected chi connectivity index (χ2v) is 10.8. The van der Waals surface area contributed by atoms with E-state index in [4.69, 9.17) is 4.74 Å². The van der Waals surface area contributed by atoms with Gasteiger partial charge in [-0.15, -0.1) is 0 Å². The van der Waals surface area contributed by atoms with Crippen LogP contribution in [-0.4, -0.2) is 35.7 Å². The van der Waals surface area contributed by atoms with Crippen LogP contribution in [0.5, 0.6) is 0 Å². The monoisotopic (exact) mass is 468 g/mol. The van der Waals surface area contributed by atoms with Gasteiger partial charge in [-0.2, -0.15) is 0 Å². The summed E-state index contributed by atoms with van der Waals surface area (Å²) in [5, 5.41) is 5.99. The van der Waals surface area contributed by atoms with Gasteiger partial charge in [-0.1, -0.05) is 19.8 Å². The molecule has 0 heterocycles. The third-order valence-electron chi connectivity index (χ3n) is 7.77. The van der Waals surface area contributed by atoms with Crippen molar-refractivity contribution in [2.45, 2.75) is 83.6 Å². The minimum Gasteiger partial charge on any atom is -0.457 e. The van der Waals surface area contributed by atoms with Gasteiger partial charge in [-0.25, -0.2) is 0 Å². The second-order valence-electron chi connectivity index (χ2n) is 10.8. The Labute approximate surface area is 201 Å². The number of esters is 1. The number of carbonyl (C=O) groups is 4. The molecule has 0 aliphatic heterocycles. The maximum absolute atomic E-state index is 13.2. The quantitative estimate of drug-likeness (QED) is 0.301. The molecule has 0 aromatic heterocycles. The van der Waals surface area contributed by atoms with Crippen molar-refractivity contribution >= 4 is 29.3 Å². The molecule has 7 nitrogen and oxygen atoms in total. The van der Waals surface area contributed by atoms with Crippen molar-refractivity contribution in [2.75, 3.05) is 11.9 Å². The van der Waals surface area contributed by atoms with Crippen molar-refractivity contribution in [3.05, 3.63) is 29.8 Å². The van der Waals surface area contributed by atoms with E-state index in [1.54, 1.807) is 24.3 Å². The summed E-state index contributed by atoms with van der Waals surface area (Å²) < 4.78 is 5.57. The van der Waals surface area contributed by atoms with Crippen LogP contribution >= 0.6 is 0 Å². The lowest BCUT2D eigenvalue weighted by molar-refractivity contribution is -0.174. The van der Waals surface area contributed by atoms with Crippen molar-refractivity contribution < 1.29 is 23.9 Å². The standard InChI is InChI=1S/C27H36N2O5/c1-3-4-5-6-24(32)28-22-9-7-21(8-10-22)23(31)16-34-25(33)26-12-19-11-20(13-26)15-27(14-19,17-26)29-18(2)30/h7-10,19-20H,3-6,11-17H2,1-2H3,(H,28,32)(H,29,30)/t19-,20-,26?,27?/m1/s1. The molecule has 7 heteroatoms. The minimum atomic E-state index is -0.598. The van der Waals surface area contributed by atoms with Crippen molar-refractivity contribution in [1.29, 1.82) is 0 Å². The van der Waals surface area contributed by atoms with E-state index in [1.807, 2.05) is 0 Å². The Morgan fingerprint density at radius 3 is 2.29 bits per heavy atom. The van der Waals surface area contributed by atoms with Gasteiger partial charge >= 0.3 is 5.97 Å². The number of unbranched alkanes of at least 4 members (excludes halogenated alkanes) is 2. The van der Waals surface area contributed by atoms with Gasteiger partial charge in [-0.05, 0) is 81.0 Å². The van der Waals surface area contributed by atoms with Gasteiger partial charge in [-0.3, -0.25) is 19.2 Å². The van der Waals surface area contributed by atoms with Crippen molar-refractivity contribution in [3.8, 4) is 0 Å². The number of rotatable bonds is 10. The molecule has 0 spiro atoms. The first-order valence-electron chi connectivity index (χ1n) is 12.6. The van der Waals surface area contributed by atoms with Crippen molar-refractivity contribution in [1.82, 2.24) is 5.32 Å². The van der Waals surface area contributed by atoms with E-state index in [2.05, 4.69) is 17.6 Å². The lowest BCUT2D eigenvalue weighted by atomic mass is 9.47.